The van der Waals surface area contributed by atoms with Gasteiger partial charge >= 0.3 is 145 Å². The van der Waals surface area contributed by atoms with Gasteiger partial charge < -0.3 is 4.42 Å². The molecule has 220 valence electrons. The van der Waals surface area contributed by atoms with Crippen molar-refractivity contribution in [3.8, 4) is 0 Å². The number of furan rings is 1. The molecule has 3 aromatic rings. The molecule has 2 aliphatic rings. The molecule has 0 bridgehead atoms. The Morgan fingerprint density at radius 2 is 1.95 bits per heavy atom. The van der Waals surface area contributed by atoms with Crippen LogP contribution in [0.25, 0.3) is 0 Å². The summed E-state index contributed by atoms with van der Waals surface area (Å²) >= 11 is -1.14. The molecule has 41 heavy (non-hydrogen) atoms. The van der Waals surface area contributed by atoms with Gasteiger partial charge in [-0.2, -0.15) is 5.10 Å². The number of rotatable bonds is 7. The van der Waals surface area contributed by atoms with Crippen molar-refractivity contribution >= 4 is 82.2 Å². The van der Waals surface area contributed by atoms with Crippen molar-refractivity contribution in [2.24, 2.45) is 5.10 Å². The average Bonchev–Trinajstić information content (AvgIpc) is 3.58. The Kier molecular flexibility index (Phi) is 10.4. The third-order valence-electron chi connectivity index (χ3n) is 5.59. The molecule has 0 saturated carbocycles. The summed E-state index contributed by atoms with van der Waals surface area (Å²) < 4.78 is 29.1. The number of hydrogen-bond acceptors (Lipinski definition) is 16. The number of nitrogens with two attached hydrogens (primary N) is 2. The van der Waals surface area contributed by atoms with Crippen LogP contribution in [0.5, 0.6) is 0 Å². The zero-order valence-electron chi connectivity index (χ0n) is 21.7. The van der Waals surface area contributed by atoms with Crippen molar-refractivity contribution in [2.45, 2.75) is 18.2 Å². The van der Waals surface area contributed by atoms with Crippen LogP contribution in [0.2, 0.25) is 0 Å². The van der Waals surface area contributed by atoms with Gasteiger partial charge in [0.15, 0.2) is 15.6 Å². The summed E-state index contributed by atoms with van der Waals surface area (Å²) in [4.78, 5) is 21.5. The summed E-state index contributed by atoms with van der Waals surface area (Å²) in [5.41, 5.74) is 12.0. The molecule has 5 rings (SSSR count). The number of hydrazone groups is 1. The topological polar surface area (TPSA) is 229 Å². The molecule has 0 radical (unpaired) electrons. The first-order valence-electron chi connectivity index (χ1n) is 12.1. The van der Waals surface area contributed by atoms with Crippen LogP contribution in [0.4, 0.5) is 29.4 Å². The minimum absolute atomic E-state index is 0.0582. The quantitative estimate of drug-likeness (QED) is 0.117. The second kappa shape index (κ2) is 13.7. The van der Waals surface area contributed by atoms with Crippen LogP contribution >= 0.6 is 20.0 Å². The number of nitrogens with one attached hydrogen (secondary N) is 1. The molecule has 0 aliphatic carbocycles. The van der Waals surface area contributed by atoms with Crippen molar-refractivity contribution in [1.29, 1.82) is 0 Å². The van der Waals surface area contributed by atoms with E-state index < -0.39 is 27.1 Å². The van der Waals surface area contributed by atoms with E-state index in [2.05, 4.69) is 37.5 Å². The molecule has 1 aromatic carbocycles. The first-order valence-corrected chi connectivity index (χ1v) is 21.2. The van der Waals surface area contributed by atoms with Gasteiger partial charge in [-0.1, -0.05) is 0 Å². The summed E-state index contributed by atoms with van der Waals surface area (Å²) in [7, 11) is 0.971. The molecule has 6 N–H and O–H groups in total. The van der Waals surface area contributed by atoms with E-state index in [4.69, 9.17) is 15.9 Å². The molecule has 2 aliphatic heterocycles. The standard InChI is InChI=1S/C12H15AsN6OS2.C10H13N3O5S/c14-10-17-11(15)19-12(18-10)16-8-3-1-7(2-4-8)13-21-6-9(5-20)22-13;1-8-7-19(16,17)5-4-12(8)11-6-9-2-3-10(18-9)13(14)15/h1-4,9,20H,5-6H2,(H5,14,15,16,17,18,19);2-3,6,8H,4-5,7H2,1H3. The Morgan fingerprint density at radius 3 is 2.54 bits per heavy atom. The summed E-state index contributed by atoms with van der Waals surface area (Å²) in [6, 6.07) is 10.7. The molecular formula is C22H28AsN9O6S3. The number of hydrogen-bond donors (Lipinski definition) is 4. The summed E-state index contributed by atoms with van der Waals surface area (Å²) in [6.07, 6.45) is 1.35. The predicted octanol–water partition coefficient (Wildman–Crippen LogP) is 0.956. The van der Waals surface area contributed by atoms with Crippen LogP contribution in [0, 0.1) is 10.1 Å². The van der Waals surface area contributed by atoms with Crippen molar-refractivity contribution in [3.63, 3.8) is 0 Å². The third-order valence-corrected chi connectivity index (χ3v) is 21.4. The number of nitrogen functional groups attached to an aromatic ring is 2. The van der Waals surface area contributed by atoms with Crippen molar-refractivity contribution in [3.05, 3.63) is 52.3 Å². The zero-order chi connectivity index (χ0) is 29.6. The van der Waals surface area contributed by atoms with Crippen molar-refractivity contribution in [1.82, 2.24) is 20.0 Å². The molecule has 0 amide bonds. The van der Waals surface area contributed by atoms with Crippen LogP contribution in [0.3, 0.4) is 0 Å². The van der Waals surface area contributed by atoms with E-state index >= 15 is 0 Å². The van der Waals surface area contributed by atoms with Crippen LogP contribution < -0.4 is 21.1 Å². The molecule has 2 saturated heterocycles. The van der Waals surface area contributed by atoms with E-state index in [9.17, 15) is 23.6 Å². The van der Waals surface area contributed by atoms with Crippen LogP contribution in [-0.2, 0) is 9.84 Å². The fourth-order valence-electron chi connectivity index (χ4n) is 3.63. The maximum absolute atomic E-state index is 11.4. The van der Waals surface area contributed by atoms with E-state index in [0.717, 1.165) is 11.4 Å². The Hall–Kier alpha value is -3.05. The summed E-state index contributed by atoms with van der Waals surface area (Å²) in [5, 5.41) is 28.8. The maximum atomic E-state index is 11.4. The van der Waals surface area contributed by atoms with Gasteiger partial charge in [-0.05, 0) is 13.0 Å². The second-order valence-corrected chi connectivity index (χ2v) is 22.6. The fourth-order valence-corrected chi connectivity index (χ4v) is 20.6. The van der Waals surface area contributed by atoms with Gasteiger partial charge in [0.25, 0.3) is 0 Å². The second-order valence-electron chi connectivity index (χ2n) is 8.81. The van der Waals surface area contributed by atoms with E-state index in [0.29, 0.717) is 17.7 Å². The number of anilines is 4. The molecule has 0 spiro atoms. The first kappa shape index (κ1) is 30.9. The minimum atomic E-state index is -2.98. The number of aliphatic hydroxyl groups is 1. The van der Waals surface area contributed by atoms with E-state index in [1.54, 1.807) is 11.9 Å². The van der Waals surface area contributed by atoms with Gasteiger partial charge in [-0.3, -0.25) is 15.1 Å². The molecular weight excluding hydrogens is 657 g/mol. The fraction of sp³-hybridized carbons (Fsp3) is 0.364. The van der Waals surface area contributed by atoms with Gasteiger partial charge in [0, 0.05) is 0 Å². The van der Waals surface area contributed by atoms with Crippen LogP contribution in [0.15, 0.2) is 45.9 Å². The van der Waals surface area contributed by atoms with Crippen LogP contribution in [0.1, 0.15) is 12.7 Å². The summed E-state index contributed by atoms with van der Waals surface area (Å²) in [6.45, 7) is 2.34. The van der Waals surface area contributed by atoms with E-state index in [1.165, 1.54) is 22.7 Å². The van der Waals surface area contributed by atoms with Crippen LogP contribution in [-0.4, -0.2) is 98.7 Å². The number of nitrogens with zero attached hydrogens (tertiary/aromatic N) is 6. The Bertz CT molecular complexity index is 1470. The molecule has 15 nitrogen and oxygen atoms in total. The number of nitro groups is 1. The normalized spacial score (nSPS) is 21.8. The molecule has 3 atom stereocenters. The number of sulfone groups is 1. The predicted molar refractivity (Wildman–Crippen MR) is 162 cm³/mol. The van der Waals surface area contributed by atoms with Gasteiger partial charge in [0.1, 0.15) is 4.92 Å². The Labute approximate surface area is 246 Å². The number of aromatic nitrogens is 3. The molecule has 2 aromatic heterocycles. The van der Waals surface area contributed by atoms with Crippen molar-refractivity contribution < 1.29 is 22.9 Å². The SMILES string of the molecule is CC1CS(=O)(=O)CCN1N=Cc1ccc([N+](=O)[O-])o1.Nc1nc(N)nc(Nc2ccc([As]3SCC(CO)S3)cc2)n1. The molecule has 3 unspecified atom stereocenters. The monoisotopic (exact) mass is 685 g/mol. The number of aliphatic hydroxyl groups excluding tert-OH is 1. The number of benzene rings is 1. The molecule has 19 heteroatoms. The third kappa shape index (κ3) is 8.97. The van der Waals surface area contributed by atoms with E-state index in [-0.39, 0.29) is 47.7 Å². The van der Waals surface area contributed by atoms with Gasteiger partial charge in [-0.25, -0.2) is 8.42 Å². The molecule has 2 fully saturated rings. The molecule has 4 heterocycles. The van der Waals surface area contributed by atoms with Gasteiger partial charge in [-0.15, -0.1) is 0 Å². The zero-order valence-corrected chi connectivity index (χ0v) is 26.1. The van der Waals surface area contributed by atoms with Crippen molar-refractivity contribution in [2.75, 3.05) is 47.2 Å². The van der Waals surface area contributed by atoms with Gasteiger partial charge in [0.05, 0.1) is 36.4 Å². The first-order chi connectivity index (χ1) is 19.5. The Morgan fingerprint density at radius 1 is 1.24 bits per heavy atom. The Balaban J connectivity index is 0.000000191. The van der Waals surface area contributed by atoms with Gasteiger partial charge in [0.2, 0.25) is 0 Å². The summed E-state index contributed by atoms with van der Waals surface area (Å²) in [5.74, 6) is 1.59. The van der Waals surface area contributed by atoms with E-state index in [1.807, 2.05) is 32.2 Å². The average molecular weight is 686 g/mol.